The number of nitrogens with zero attached hydrogens (tertiary/aromatic N) is 1. The summed E-state index contributed by atoms with van der Waals surface area (Å²) in [5.74, 6) is 0.266. The summed E-state index contributed by atoms with van der Waals surface area (Å²) in [7, 11) is 0. The van der Waals surface area contributed by atoms with Gasteiger partial charge in [-0.05, 0) is 6.92 Å². The van der Waals surface area contributed by atoms with Crippen LogP contribution in [-0.2, 0) is 4.79 Å². The predicted molar refractivity (Wildman–Crippen MR) is 62.7 cm³/mol. The number of hydrogen-bond acceptors (Lipinski definition) is 3. The molecule has 1 N–H and O–H groups in total. The second-order valence-corrected chi connectivity index (χ2v) is 2.73. The van der Waals surface area contributed by atoms with Gasteiger partial charge >= 0.3 is 0 Å². The van der Waals surface area contributed by atoms with Crippen LogP contribution in [0, 0.1) is 0 Å². The Morgan fingerprint density at radius 1 is 1.14 bits per heavy atom. The van der Waals surface area contributed by atoms with Gasteiger partial charge in [0.1, 0.15) is 5.78 Å². The van der Waals surface area contributed by atoms with E-state index in [-0.39, 0.29) is 5.78 Å². The van der Waals surface area contributed by atoms with Crippen molar-refractivity contribution in [1.29, 1.82) is 0 Å². The Labute approximate surface area is 88.9 Å². The lowest BCUT2D eigenvalue weighted by Crippen LogP contribution is -2.45. The second-order valence-electron chi connectivity index (χ2n) is 2.73. The summed E-state index contributed by atoms with van der Waals surface area (Å²) >= 11 is 0. The van der Waals surface area contributed by atoms with Crippen LogP contribution in [0.4, 0.5) is 0 Å². The highest BCUT2D eigenvalue weighted by molar-refractivity contribution is 5.77. The van der Waals surface area contributed by atoms with E-state index in [4.69, 9.17) is 0 Å². The van der Waals surface area contributed by atoms with Crippen molar-refractivity contribution >= 4 is 5.78 Å². The maximum atomic E-state index is 10.6. The molecule has 3 nitrogen and oxygen atoms in total. The average Bonchev–Trinajstić information content (AvgIpc) is 2.24. The summed E-state index contributed by atoms with van der Waals surface area (Å²) < 4.78 is 0. The Hall–Kier alpha value is -0.410. The molecule has 0 amide bonds. The van der Waals surface area contributed by atoms with Crippen molar-refractivity contribution in [2.24, 2.45) is 0 Å². The van der Waals surface area contributed by atoms with Gasteiger partial charge in [0.25, 0.3) is 0 Å². The fourth-order valence-electron chi connectivity index (χ4n) is 1.18. The first-order chi connectivity index (χ1) is 6.79. The van der Waals surface area contributed by atoms with Crippen LogP contribution in [0.5, 0.6) is 0 Å². The van der Waals surface area contributed by atoms with E-state index in [9.17, 15) is 4.79 Å². The van der Waals surface area contributed by atoms with E-state index >= 15 is 0 Å². The summed E-state index contributed by atoms with van der Waals surface area (Å²) in [5, 5.41) is 3.23. The van der Waals surface area contributed by atoms with E-state index in [0.717, 1.165) is 26.2 Å². The molecule has 0 aliphatic carbocycles. The van der Waals surface area contributed by atoms with Crippen molar-refractivity contribution in [2.45, 2.75) is 34.6 Å². The van der Waals surface area contributed by atoms with Gasteiger partial charge in [-0.2, -0.15) is 0 Å². The molecule has 0 aromatic heterocycles. The first kappa shape index (κ1) is 16.0. The summed E-state index contributed by atoms with van der Waals surface area (Å²) in [6.45, 7) is 14.3. The third-order valence-electron chi connectivity index (χ3n) is 1.66. The molecular weight excluding hydrogens is 176 g/mol. The van der Waals surface area contributed by atoms with Crippen molar-refractivity contribution in [3.63, 3.8) is 0 Å². The highest BCUT2D eigenvalue weighted by Gasteiger charge is 2.09. The predicted octanol–water partition coefficient (Wildman–Crippen LogP) is 1.53. The molecule has 1 aliphatic heterocycles. The molecule has 1 saturated heterocycles. The molecule has 14 heavy (non-hydrogen) atoms. The van der Waals surface area contributed by atoms with Crippen LogP contribution >= 0.6 is 0 Å². The normalized spacial score (nSPS) is 15.8. The lowest BCUT2D eigenvalue weighted by Gasteiger charge is -2.25. The van der Waals surface area contributed by atoms with E-state index < -0.39 is 0 Å². The topological polar surface area (TPSA) is 32.3 Å². The van der Waals surface area contributed by atoms with Crippen molar-refractivity contribution in [3.8, 4) is 0 Å². The minimum absolute atomic E-state index is 0.266. The fourth-order valence-corrected chi connectivity index (χ4v) is 1.18. The molecule has 0 unspecified atom stereocenters. The molecule has 0 spiro atoms. The number of carbonyl (C=O) groups excluding carboxylic acids is 1. The summed E-state index contributed by atoms with van der Waals surface area (Å²) in [6, 6.07) is 0. The van der Waals surface area contributed by atoms with Gasteiger partial charge in [0, 0.05) is 26.2 Å². The fraction of sp³-hybridized carbons (Fsp3) is 0.909. The zero-order valence-corrected chi connectivity index (χ0v) is 10.4. The molecule has 0 saturated carbocycles. The molecule has 1 heterocycles. The van der Waals surface area contributed by atoms with Gasteiger partial charge in [0.15, 0.2) is 0 Å². The van der Waals surface area contributed by atoms with E-state index in [1.165, 1.54) is 0 Å². The van der Waals surface area contributed by atoms with Gasteiger partial charge in [-0.15, -0.1) is 0 Å². The lowest BCUT2D eigenvalue weighted by atomic mass is 10.3. The largest absolute Gasteiger partial charge is 0.314 e. The quantitative estimate of drug-likeness (QED) is 0.737. The maximum absolute atomic E-state index is 10.6. The van der Waals surface area contributed by atoms with Crippen LogP contribution in [0.1, 0.15) is 34.6 Å². The number of carbonyl (C=O) groups is 1. The van der Waals surface area contributed by atoms with Crippen LogP contribution < -0.4 is 5.32 Å². The number of hydrogen-bond donors (Lipinski definition) is 1. The van der Waals surface area contributed by atoms with Crippen LogP contribution in [0.15, 0.2) is 0 Å². The first-order valence-corrected chi connectivity index (χ1v) is 5.71. The summed E-state index contributed by atoms with van der Waals surface area (Å²) in [5.41, 5.74) is 0. The molecule has 0 atom stereocenters. The minimum atomic E-state index is 0.266. The van der Waals surface area contributed by atoms with E-state index in [1.54, 1.807) is 6.92 Å². The average molecular weight is 202 g/mol. The molecule has 1 aliphatic rings. The summed E-state index contributed by atoms with van der Waals surface area (Å²) in [6.07, 6.45) is 0. The Morgan fingerprint density at radius 3 is 1.93 bits per heavy atom. The number of nitrogens with one attached hydrogen (secondary N) is 1. The highest BCUT2D eigenvalue weighted by atomic mass is 16.1. The van der Waals surface area contributed by atoms with Gasteiger partial charge in [-0.25, -0.2) is 0 Å². The van der Waals surface area contributed by atoms with E-state index in [1.807, 2.05) is 27.7 Å². The molecule has 86 valence electrons. The standard InChI is InChI=1S/C7H14N2O.2C2H6/c1-7(10)6-9-4-2-8-3-5-9;2*1-2/h8H,2-6H2,1H3;2*1-2H3. The molecule has 1 fully saturated rings. The Kier molecular flexibility index (Phi) is 14.4. The van der Waals surface area contributed by atoms with Crippen LogP contribution in [0.25, 0.3) is 0 Å². The molecule has 0 aromatic rings. The minimum Gasteiger partial charge on any atom is -0.314 e. The zero-order chi connectivity index (χ0) is 11.4. The van der Waals surface area contributed by atoms with Crippen LogP contribution in [0.2, 0.25) is 0 Å². The smallest absolute Gasteiger partial charge is 0.143 e. The Bertz CT molecular complexity index is 120. The molecule has 0 aromatic carbocycles. The van der Waals surface area contributed by atoms with Crippen LogP contribution in [-0.4, -0.2) is 43.4 Å². The van der Waals surface area contributed by atoms with E-state index in [2.05, 4.69) is 10.2 Å². The monoisotopic (exact) mass is 202 g/mol. The first-order valence-electron chi connectivity index (χ1n) is 5.71. The van der Waals surface area contributed by atoms with Crippen molar-refractivity contribution in [2.75, 3.05) is 32.7 Å². The van der Waals surface area contributed by atoms with Crippen molar-refractivity contribution < 1.29 is 4.79 Å². The zero-order valence-electron chi connectivity index (χ0n) is 10.4. The molecule has 1 rings (SSSR count). The van der Waals surface area contributed by atoms with Gasteiger partial charge < -0.3 is 5.32 Å². The Balaban J connectivity index is 0. The van der Waals surface area contributed by atoms with Gasteiger partial charge in [-0.3, -0.25) is 9.69 Å². The second kappa shape index (κ2) is 12.6. The van der Waals surface area contributed by atoms with Crippen molar-refractivity contribution in [3.05, 3.63) is 0 Å². The SMILES string of the molecule is CC.CC.CC(=O)CN1CCNCC1. The molecule has 3 heteroatoms. The van der Waals surface area contributed by atoms with Crippen molar-refractivity contribution in [1.82, 2.24) is 10.2 Å². The maximum Gasteiger partial charge on any atom is 0.143 e. The Morgan fingerprint density at radius 2 is 1.57 bits per heavy atom. The number of rotatable bonds is 2. The molecule has 0 radical (unpaired) electrons. The number of piperazine rings is 1. The van der Waals surface area contributed by atoms with Crippen LogP contribution in [0.3, 0.4) is 0 Å². The van der Waals surface area contributed by atoms with Gasteiger partial charge in [0.2, 0.25) is 0 Å². The lowest BCUT2D eigenvalue weighted by molar-refractivity contribution is -0.118. The molecule has 0 bridgehead atoms. The third kappa shape index (κ3) is 9.68. The van der Waals surface area contributed by atoms with Gasteiger partial charge in [-0.1, -0.05) is 27.7 Å². The number of Topliss-reactive ketones (excluding diaryl/α,β-unsaturated/α-hetero) is 1. The third-order valence-corrected chi connectivity index (χ3v) is 1.66. The highest BCUT2D eigenvalue weighted by Crippen LogP contribution is 1.90. The summed E-state index contributed by atoms with van der Waals surface area (Å²) in [4.78, 5) is 12.8. The van der Waals surface area contributed by atoms with E-state index in [0.29, 0.717) is 6.54 Å². The number of ketones is 1. The molecular formula is C11H26N2O. The van der Waals surface area contributed by atoms with Gasteiger partial charge in [0.05, 0.1) is 6.54 Å².